The zero-order chi connectivity index (χ0) is 51.2. The molecule has 10 atom stereocenters. The molecule has 0 unspecified atom stereocenters. The number of rotatable bonds is 25. The normalized spacial score (nSPS) is 24.5. The van der Waals surface area contributed by atoms with Crippen LogP contribution in [0.15, 0.2) is 187 Å². The van der Waals surface area contributed by atoms with Crippen LogP contribution in [-0.2, 0) is 93.6 Å². The summed E-state index contributed by atoms with van der Waals surface area (Å²) in [4.78, 5) is 1.02. The van der Waals surface area contributed by atoms with Crippen LogP contribution in [0.1, 0.15) is 52.9 Å². The molecule has 3 fully saturated rings. The SMILES string of the molecule is CC1(C)O[C@H]2O[C@H]([C@H](O)COCc3ccccc3Cn3cc(CO[C@@H]4[C@@H](OCc5ccccc5)[C@H](OCc5ccccc5)[C@@H](COCc5ccccc5)O[C@H]4Sc4ccccc4)nn3)[C@H](OCc3ccccc3)[C@H]2O1. The Morgan fingerprint density at radius 2 is 1.09 bits per heavy atom. The van der Waals surface area contributed by atoms with Crippen LogP contribution in [0.3, 0.4) is 0 Å². The number of aromatic nitrogens is 3. The third kappa shape index (κ3) is 14.4. The van der Waals surface area contributed by atoms with E-state index in [1.54, 1.807) is 16.4 Å². The molecule has 1 aromatic heterocycles. The highest BCUT2D eigenvalue weighted by Crippen LogP contribution is 2.41. The van der Waals surface area contributed by atoms with Crippen molar-refractivity contribution in [2.45, 2.75) is 131 Å². The van der Waals surface area contributed by atoms with Gasteiger partial charge < -0.3 is 52.5 Å². The molecule has 3 saturated heterocycles. The van der Waals surface area contributed by atoms with Crippen molar-refractivity contribution in [1.29, 1.82) is 0 Å². The number of hydrogen-bond donors (Lipinski definition) is 1. The summed E-state index contributed by atoms with van der Waals surface area (Å²) in [5, 5.41) is 20.6. The summed E-state index contributed by atoms with van der Waals surface area (Å²) >= 11 is 1.58. The first-order valence-electron chi connectivity index (χ1n) is 25.6. The van der Waals surface area contributed by atoms with E-state index in [-0.39, 0.29) is 26.4 Å². The molecular formula is C60H65N3O11S. The molecule has 0 spiro atoms. The molecule has 10 rings (SSSR count). The summed E-state index contributed by atoms with van der Waals surface area (Å²) in [6.07, 6.45) is -3.87. The second kappa shape index (κ2) is 25.9. The Labute approximate surface area is 443 Å². The monoisotopic (exact) mass is 1040 g/mol. The second-order valence-electron chi connectivity index (χ2n) is 19.4. The zero-order valence-electron chi connectivity index (χ0n) is 42.2. The smallest absolute Gasteiger partial charge is 0.190 e. The van der Waals surface area contributed by atoms with Crippen molar-refractivity contribution in [2.24, 2.45) is 0 Å². The molecule has 6 aromatic carbocycles. The Morgan fingerprint density at radius 1 is 0.560 bits per heavy atom. The van der Waals surface area contributed by atoms with Gasteiger partial charge in [-0.3, -0.25) is 0 Å². The summed E-state index contributed by atoms with van der Waals surface area (Å²) < 4.78 is 67.0. The molecule has 3 aliphatic rings. The Kier molecular flexibility index (Phi) is 18.3. The van der Waals surface area contributed by atoms with Crippen LogP contribution in [0.5, 0.6) is 0 Å². The van der Waals surface area contributed by atoms with Gasteiger partial charge in [0.2, 0.25) is 0 Å². The van der Waals surface area contributed by atoms with Crippen LogP contribution in [0.25, 0.3) is 0 Å². The zero-order valence-corrected chi connectivity index (χ0v) is 43.1. The first-order chi connectivity index (χ1) is 36.8. The molecule has 392 valence electrons. The van der Waals surface area contributed by atoms with Gasteiger partial charge in [-0.1, -0.05) is 181 Å². The van der Waals surface area contributed by atoms with E-state index in [1.165, 1.54) is 0 Å². The van der Waals surface area contributed by atoms with E-state index < -0.39 is 66.3 Å². The minimum Gasteiger partial charge on any atom is -0.388 e. The predicted octanol–water partition coefficient (Wildman–Crippen LogP) is 9.46. The molecule has 0 amide bonds. The van der Waals surface area contributed by atoms with Gasteiger partial charge in [0.15, 0.2) is 12.1 Å². The van der Waals surface area contributed by atoms with Crippen LogP contribution in [0.4, 0.5) is 0 Å². The van der Waals surface area contributed by atoms with Crippen LogP contribution < -0.4 is 0 Å². The van der Waals surface area contributed by atoms with Crippen molar-refractivity contribution in [1.82, 2.24) is 15.0 Å². The number of thioether (sulfide) groups is 1. The van der Waals surface area contributed by atoms with Crippen LogP contribution >= 0.6 is 11.8 Å². The maximum atomic E-state index is 11.5. The molecule has 1 N–H and O–H groups in total. The molecule has 0 radical (unpaired) electrons. The van der Waals surface area contributed by atoms with Crippen molar-refractivity contribution < 1.29 is 52.5 Å². The van der Waals surface area contributed by atoms with Crippen molar-refractivity contribution >= 4 is 11.8 Å². The minimum absolute atomic E-state index is 0.00193. The van der Waals surface area contributed by atoms with Gasteiger partial charge in [-0.2, -0.15) is 0 Å². The van der Waals surface area contributed by atoms with Gasteiger partial charge >= 0.3 is 0 Å². The molecule has 7 aromatic rings. The summed E-state index contributed by atoms with van der Waals surface area (Å²) in [6, 6.07) is 58.4. The molecule has 75 heavy (non-hydrogen) atoms. The third-order valence-corrected chi connectivity index (χ3v) is 14.4. The van der Waals surface area contributed by atoms with E-state index in [4.69, 9.17) is 47.4 Å². The molecule has 4 heterocycles. The number of benzene rings is 6. The van der Waals surface area contributed by atoms with Gasteiger partial charge in [0.25, 0.3) is 0 Å². The average molecular weight is 1040 g/mol. The predicted molar refractivity (Wildman–Crippen MR) is 281 cm³/mol. The maximum Gasteiger partial charge on any atom is 0.190 e. The number of ether oxygens (including phenoxy) is 10. The fourth-order valence-electron chi connectivity index (χ4n) is 9.55. The van der Waals surface area contributed by atoms with Crippen LogP contribution in [0, 0.1) is 0 Å². The van der Waals surface area contributed by atoms with Gasteiger partial charge in [-0.25, -0.2) is 4.68 Å². The average Bonchev–Trinajstić information content (AvgIpc) is 4.12. The lowest BCUT2D eigenvalue weighted by Crippen LogP contribution is -2.60. The van der Waals surface area contributed by atoms with Crippen molar-refractivity contribution in [3.63, 3.8) is 0 Å². The highest BCUT2D eigenvalue weighted by atomic mass is 32.2. The molecule has 15 heteroatoms. The van der Waals surface area contributed by atoms with E-state index in [9.17, 15) is 5.11 Å². The molecular weight excluding hydrogens is 971 g/mol. The minimum atomic E-state index is -1.01. The van der Waals surface area contributed by atoms with Gasteiger partial charge in [0.1, 0.15) is 60.0 Å². The van der Waals surface area contributed by atoms with Gasteiger partial charge in [-0.05, 0) is 59.4 Å². The van der Waals surface area contributed by atoms with Crippen molar-refractivity contribution in [2.75, 3.05) is 13.2 Å². The Bertz CT molecular complexity index is 2780. The lowest BCUT2D eigenvalue weighted by Gasteiger charge is -2.46. The summed E-state index contributed by atoms with van der Waals surface area (Å²) in [7, 11) is 0. The van der Waals surface area contributed by atoms with Crippen LogP contribution in [0.2, 0.25) is 0 Å². The summed E-state index contributed by atoms with van der Waals surface area (Å²) in [5.74, 6) is -0.835. The molecule has 0 saturated carbocycles. The number of aliphatic hydroxyl groups is 1. The number of aliphatic hydroxyl groups excluding tert-OH is 1. The lowest BCUT2D eigenvalue weighted by molar-refractivity contribution is -0.254. The molecule has 0 bridgehead atoms. The largest absolute Gasteiger partial charge is 0.388 e. The quantitative estimate of drug-likeness (QED) is 0.0581. The first kappa shape index (κ1) is 52.8. The van der Waals surface area contributed by atoms with E-state index in [0.717, 1.165) is 38.3 Å². The Morgan fingerprint density at radius 3 is 1.72 bits per heavy atom. The standard InChI is InChI=1S/C60H65N3O11S/c1-60(2)73-56-54(68-36-44-24-12-5-13-25-44)52(72-58(56)74-60)50(64)40-66-38-47-29-19-18-28-46(47)32-63-33-48(61-62-63)39-70-57-55(69-37-45-26-14-6-15-27-45)53(67-35-43-22-10-4-11-23-43)51(41-65-34-42-20-8-3-9-21-42)71-59(57)75-49-30-16-7-17-31-49/h3-31,33,50-59,64H,32,34-41H2,1-2H3/t50-,51-,52-,53-,54+,55+,56-,57-,58-,59+/m1/s1. The highest BCUT2D eigenvalue weighted by molar-refractivity contribution is 7.99. The van der Waals surface area contributed by atoms with Gasteiger partial charge in [0, 0.05) is 4.90 Å². The molecule has 0 aliphatic carbocycles. The Hall–Kier alpha value is -5.63. The highest BCUT2D eigenvalue weighted by Gasteiger charge is 2.57. The maximum absolute atomic E-state index is 11.5. The van der Waals surface area contributed by atoms with E-state index >= 15 is 0 Å². The first-order valence-corrected chi connectivity index (χ1v) is 26.5. The third-order valence-electron chi connectivity index (χ3n) is 13.2. The van der Waals surface area contributed by atoms with Crippen molar-refractivity contribution in [3.05, 3.63) is 221 Å². The van der Waals surface area contributed by atoms with E-state index in [0.29, 0.717) is 38.7 Å². The lowest BCUT2D eigenvalue weighted by atomic mass is 9.99. The fourth-order valence-corrected chi connectivity index (χ4v) is 10.7. The van der Waals surface area contributed by atoms with Gasteiger partial charge in [0.05, 0.1) is 65.6 Å². The topological polar surface area (TPSA) is 143 Å². The number of nitrogens with zero attached hydrogens (tertiary/aromatic N) is 3. The van der Waals surface area contributed by atoms with Crippen LogP contribution in [-0.4, -0.2) is 99.7 Å². The number of fused-ring (bicyclic) bond motifs is 1. The summed E-state index contributed by atoms with van der Waals surface area (Å²) in [5.41, 5.74) is 6.16. The molecule has 14 nitrogen and oxygen atoms in total. The second-order valence-corrected chi connectivity index (χ2v) is 20.5. The fraction of sp³-hybridized carbons (Fsp3) is 0.367. The van der Waals surface area contributed by atoms with E-state index in [1.807, 2.05) is 160 Å². The van der Waals surface area contributed by atoms with Crippen molar-refractivity contribution in [3.8, 4) is 0 Å². The Balaban J connectivity index is 0.825. The summed E-state index contributed by atoms with van der Waals surface area (Å²) in [6.45, 7) is 6.16. The van der Waals surface area contributed by atoms with Gasteiger partial charge in [-0.15, -0.1) is 5.10 Å². The number of hydrogen-bond acceptors (Lipinski definition) is 14. The van der Waals surface area contributed by atoms with E-state index in [2.05, 4.69) is 46.7 Å². The molecule has 3 aliphatic heterocycles.